The molecule has 1 fully saturated rings. The zero-order valence-electron chi connectivity index (χ0n) is 13.3. The van der Waals surface area contributed by atoms with Gasteiger partial charge in [-0.1, -0.05) is 0 Å². The minimum Gasteiger partial charge on any atom is -0.465 e. The van der Waals surface area contributed by atoms with Crippen LogP contribution in [0.3, 0.4) is 0 Å². The van der Waals surface area contributed by atoms with Crippen LogP contribution in [-0.4, -0.2) is 78.0 Å². The molecule has 21 heavy (non-hydrogen) atoms. The van der Waals surface area contributed by atoms with Crippen molar-refractivity contribution < 1.29 is 24.2 Å². The van der Waals surface area contributed by atoms with Crippen molar-refractivity contribution in [3.63, 3.8) is 0 Å². The average Bonchev–Trinajstić information content (AvgIpc) is 2.41. The number of hydrogen-bond donors (Lipinski definition) is 1. The first-order valence-electron chi connectivity index (χ1n) is 7.25. The molecule has 0 saturated carbocycles. The van der Waals surface area contributed by atoms with Crippen LogP contribution in [-0.2, 0) is 14.3 Å². The monoisotopic (exact) mass is 302 g/mol. The number of carboxylic acid groups (broad SMARTS) is 1. The van der Waals surface area contributed by atoms with Crippen LogP contribution in [0.25, 0.3) is 0 Å². The van der Waals surface area contributed by atoms with Crippen molar-refractivity contribution in [1.29, 1.82) is 0 Å². The maximum absolute atomic E-state index is 12.7. The summed E-state index contributed by atoms with van der Waals surface area (Å²) in [6, 6.07) is -0.833. The second-order valence-electron chi connectivity index (χ2n) is 5.94. The standard InChI is InChI=1S/C14H26N2O5/c1-5-20-10-11(16(13(18)19)14(2,3)4)12(17)15-6-8-21-9-7-15/h11H,5-10H2,1-4H3,(H,18,19)/t11-/m0/s1. The topological polar surface area (TPSA) is 79.3 Å². The van der Waals surface area contributed by atoms with E-state index in [9.17, 15) is 14.7 Å². The van der Waals surface area contributed by atoms with Gasteiger partial charge in [-0.3, -0.25) is 9.69 Å². The Morgan fingerprint density at radius 2 is 1.90 bits per heavy atom. The average molecular weight is 302 g/mol. The Balaban J connectivity index is 2.95. The highest BCUT2D eigenvalue weighted by molar-refractivity contribution is 5.86. The van der Waals surface area contributed by atoms with Gasteiger partial charge in [-0.2, -0.15) is 0 Å². The van der Waals surface area contributed by atoms with Gasteiger partial charge in [0.25, 0.3) is 0 Å². The lowest BCUT2D eigenvalue weighted by Crippen LogP contribution is -2.60. The van der Waals surface area contributed by atoms with Crippen LogP contribution in [0, 0.1) is 0 Å². The highest BCUT2D eigenvalue weighted by Gasteiger charge is 2.39. The Morgan fingerprint density at radius 3 is 2.33 bits per heavy atom. The summed E-state index contributed by atoms with van der Waals surface area (Å²) < 4.78 is 10.6. The Labute approximate surface area is 125 Å². The zero-order chi connectivity index (χ0) is 16.0. The number of rotatable bonds is 5. The smallest absolute Gasteiger partial charge is 0.408 e. The summed E-state index contributed by atoms with van der Waals surface area (Å²) in [5, 5.41) is 9.50. The molecule has 0 aliphatic carbocycles. The summed E-state index contributed by atoms with van der Waals surface area (Å²) in [6.07, 6.45) is -1.12. The molecular formula is C14H26N2O5. The van der Waals surface area contributed by atoms with Gasteiger partial charge in [-0.05, 0) is 27.7 Å². The van der Waals surface area contributed by atoms with Crippen LogP contribution in [0.15, 0.2) is 0 Å². The summed E-state index contributed by atoms with van der Waals surface area (Å²) in [6.45, 7) is 9.56. The van der Waals surface area contributed by atoms with E-state index >= 15 is 0 Å². The van der Waals surface area contributed by atoms with E-state index in [1.807, 2.05) is 6.92 Å². The highest BCUT2D eigenvalue weighted by atomic mass is 16.5. The quantitative estimate of drug-likeness (QED) is 0.820. The minimum absolute atomic E-state index is 0.0657. The maximum Gasteiger partial charge on any atom is 0.408 e. The van der Waals surface area contributed by atoms with Gasteiger partial charge in [-0.25, -0.2) is 4.79 Å². The van der Waals surface area contributed by atoms with Crippen LogP contribution in [0.4, 0.5) is 4.79 Å². The predicted octanol–water partition coefficient (Wildman–Crippen LogP) is 1.03. The third-order valence-electron chi connectivity index (χ3n) is 3.33. The predicted molar refractivity (Wildman–Crippen MR) is 77.3 cm³/mol. The van der Waals surface area contributed by atoms with Gasteiger partial charge in [0.05, 0.1) is 19.8 Å². The van der Waals surface area contributed by atoms with Crippen LogP contribution < -0.4 is 0 Å². The lowest BCUT2D eigenvalue weighted by Gasteiger charge is -2.41. The Kier molecular flexibility index (Phi) is 6.42. The third-order valence-corrected chi connectivity index (χ3v) is 3.33. The molecule has 122 valence electrons. The molecule has 1 atom stereocenters. The molecule has 1 rings (SSSR count). The van der Waals surface area contributed by atoms with E-state index in [1.54, 1.807) is 25.7 Å². The fourth-order valence-electron chi connectivity index (χ4n) is 2.37. The van der Waals surface area contributed by atoms with Crippen molar-refractivity contribution in [2.45, 2.75) is 39.3 Å². The minimum atomic E-state index is -1.12. The molecule has 0 bridgehead atoms. The van der Waals surface area contributed by atoms with Crippen LogP contribution in [0.2, 0.25) is 0 Å². The molecule has 0 unspecified atom stereocenters. The molecule has 0 aromatic heterocycles. The van der Waals surface area contributed by atoms with Gasteiger partial charge in [0.15, 0.2) is 0 Å². The molecule has 1 aliphatic rings. The zero-order valence-corrected chi connectivity index (χ0v) is 13.3. The molecule has 0 aromatic carbocycles. The van der Waals surface area contributed by atoms with E-state index in [0.717, 1.165) is 0 Å². The second kappa shape index (κ2) is 7.61. The molecule has 0 aromatic rings. The van der Waals surface area contributed by atoms with Gasteiger partial charge < -0.3 is 19.5 Å². The van der Waals surface area contributed by atoms with Gasteiger partial charge in [0, 0.05) is 25.2 Å². The van der Waals surface area contributed by atoms with Crippen LogP contribution in [0.5, 0.6) is 0 Å². The Bertz CT molecular complexity index is 361. The summed E-state index contributed by atoms with van der Waals surface area (Å²) >= 11 is 0. The summed E-state index contributed by atoms with van der Waals surface area (Å²) in [5.41, 5.74) is -0.685. The Hall–Kier alpha value is -1.34. The normalized spacial score (nSPS) is 17.4. The second-order valence-corrected chi connectivity index (χ2v) is 5.94. The van der Waals surface area contributed by atoms with Crippen molar-refractivity contribution in [3.8, 4) is 0 Å². The van der Waals surface area contributed by atoms with Crippen molar-refractivity contribution in [2.24, 2.45) is 0 Å². The molecule has 0 radical (unpaired) electrons. The van der Waals surface area contributed by atoms with E-state index in [0.29, 0.717) is 32.9 Å². The molecular weight excluding hydrogens is 276 g/mol. The number of carbonyl (C=O) groups is 2. The maximum atomic E-state index is 12.7. The number of amides is 2. The summed E-state index contributed by atoms with van der Waals surface area (Å²) in [5.74, 6) is -0.218. The van der Waals surface area contributed by atoms with E-state index in [-0.39, 0.29) is 12.5 Å². The SMILES string of the molecule is CCOC[C@@H](C(=O)N1CCOCC1)N(C(=O)O)C(C)(C)C. The number of ether oxygens (including phenoxy) is 2. The van der Waals surface area contributed by atoms with Crippen LogP contribution in [0.1, 0.15) is 27.7 Å². The van der Waals surface area contributed by atoms with Gasteiger partial charge in [-0.15, -0.1) is 0 Å². The Morgan fingerprint density at radius 1 is 1.33 bits per heavy atom. The largest absolute Gasteiger partial charge is 0.465 e. The van der Waals surface area contributed by atoms with Crippen molar-refractivity contribution >= 4 is 12.0 Å². The number of morpholine rings is 1. The fraction of sp³-hybridized carbons (Fsp3) is 0.857. The number of carbonyl (C=O) groups excluding carboxylic acids is 1. The lowest BCUT2D eigenvalue weighted by molar-refractivity contribution is -0.144. The van der Waals surface area contributed by atoms with E-state index < -0.39 is 17.7 Å². The van der Waals surface area contributed by atoms with Gasteiger partial charge in [0.1, 0.15) is 6.04 Å². The van der Waals surface area contributed by atoms with Crippen LogP contribution >= 0.6 is 0 Å². The first-order valence-corrected chi connectivity index (χ1v) is 7.25. The van der Waals surface area contributed by atoms with Gasteiger partial charge >= 0.3 is 6.09 Å². The fourth-order valence-corrected chi connectivity index (χ4v) is 2.37. The molecule has 0 spiro atoms. The molecule has 1 aliphatic heterocycles. The van der Waals surface area contributed by atoms with Crippen molar-refractivity contribution in [1.82, 2.24) is 9.80 Å². The summed E-state index contributed by atoms with van der Waals surface area (Å²) in [7, 11) is 0. The van der Waals surface area contributed by atoms with E-state index in [4.69, 9.17) is 9.47 Å². The lowest BCUT2D eigenvalue weighted by atomic mass is 10.0. The molecule has 1 saturated heterocycles. The van der Waals surface area contributed by atoms with Gasteiger partial charge in [0.2, 0.25) is 5.91 Å². The highest BCUT2D eigenvalue weighted by Crippen LogP contribution is 2.20. The first-order chi connectivity index (χ1) is 9.79. The molecule has 1 N–H and O–H groups in total. The van der Waals surface area contributed by atoms with Crippen molar-refractivity contribution in [3.05, 3.63) is 0 Å². The molecule has 1 heterocycles. The molecule has 7 heteroatoms. The third kappa shape index (κ3) is 4.86. The molecule has 2 amide bonds. The van der Waals surface area contributed by atoms with Crippen molar-refractivity contribution in [2.75, 3.05) is 39.5 Å². The van der Waals surface area contributed by atoms with E-state index in [1.165, 1.54) is 4.90 Å². The molecule has 7 nitrogen and oxygen atoms in total. The number of nitrogens with zero attached hydrogens (tertiary/aromatic N) is 2. The first kappa shape index (κ1) is 17.7. The van der Waals surface area contributed by atoms with E-state index in [2.05, 4.69) is 0 Å². The summed E-state index contributed by atoms with van der Waals surface area (Å²) in [4.78, 5) is 27.1. The number of hydrogen-bond acceptors (Lipinski definition) is 4.